The van der Waals surface area contributed by atoms with Gasteiger partial charge in [-0.15, -0.1) is 0 Å². The molecule has 0 saturated heterocycles. The van der Waals surface area contributed by atoms with Crippen molar-refractivity contribution in [3.05, 3.63) is 107 Å². The van der Waals surface area contributed by atoms with Crippen LogP contribution in [0.15, 0.2) is 84.4 Å². The summed E-state index contributed by atoms with van der Waals surface area (Å²) in [4.78, 5) is 0. The van der Waals surface area contributed by atoms with Gasteiger partial charge in [0.15, 0.2) is 0 Å². The normalized spacial score (nSPS) is 16.9. The summed E-state index contributed by atoms with van der Waals surface area (Å²) >= 11 is -4.00. The van der Waals surface area contributed by atoms with E-state index < -0.39 is 27.4 Å². The fourth-order valence-electron chi connectivity index (χ4n) is 7.08. The van der Waals surface area contributed by atoms with Crippen LogP contribution in [-0.2, 0) is 30.7 Å². The van der Waals surface area contributed by atoms with E-state index in [-0.39, 0.29) is 3.63 Å². The van der Waals surface area contributed by atoms with Crippen LogP contribution in [0.4, 0.5) is 0 Å². The van der Waals surface area contributed by atoms with Crippen molar-refractivity contribution in [1.29, 1.82) is 0 Å². The molecule has 1 aliphatic heterocycles. The SMILES string of the molecule is CCCc1ccc2c(c1-c1ccccc1CC)C=C(C(C)CC)[CH]2[Zr]([Cl])([Cl])[c]1cccc2c1[SiH2]c1ccccc1-2. The summed E-state index contributed by atoms with van der Waals surface area (Å²) in [5.41, 5.74) is 12.6. The number of hydrogen-bond acceptors (Lipinski definition) is 0. The van der Waals surface area contributed by atoms with E-state index in [2.05, 4.69) is 113 Å². The van der Waals surface area contributed by atoms with E-state index in [1.165, 1.54) is 63.7 Å². The van der Waals surface area contributed by atoms with Gasteiger partial charge in [-0.2, -0.15) is 0 Å². The van der Waals surface area contributed by atoms with Crippen molar-refractivity contribution in [2.45, 2.75) is 57.0 Å². The van der Waals surface area contributed by atoms with Gasteiger partial charge in [0.1, 0.15) is 0 Å². The van der Waals surface area contributed by atoms with Crippen LogP contribution in [0.3, 0.4) is 0 Å². The van der Waals surface area contributed by atoms with E-state index in [1.54, 1.807) is 0 Å². The molecule has 0 saturated carbocycles. The Morgan fingerprint density at radius 3 is 2.27 bits per heavy atom. The third-order valence-corrected chi connectivity index (χ3v) is 23.5. The Labute approximate surface area is 254 Å². The number of aryl methyl sites for hydroxylation is 2. The molecule has 0 fully saturated rings. The number of benzene rings is 4. The van der Waals surface area contributed by atoms with Crippen LogP contribution < -0.4 is 13.6 Å². The van der Waals surface area contributed by atoms with Crippen LogP contribution in [-0.4, -0.2) is 9.52 Å². The van der Waals surface area contributed by atoms with Gasteiger partial charge in [-0.25, -0.2) is 0 Å². The van der Waals surface area contributed by atoms with Gasteiger partial charge in [0.25, 0.3) is 0 Å². The quantitative estimate of drug-likeness (QED) is 0.147. The molecule has 4 aromatic rings. The van der Waals surface area contributed by atoms with Crippen molar-refractivity contribution in [2.24, 2.45) is 5.92 Å². The number of hydrogen-bond donors (Lipinski definition) is 0. The number of allylic oxidation sites excluding steroid dienone is 1. The molecule has 6 rings (SSSR count). The second-order valence-corrected chi connectivity index (χ2v) is 27.4. The van der Waals surface area contributed by atoms with Gasteiger partial charge in [0.2, 0.25) is 0 Å². The molecule has 40 heavy (non-hydrogen) atoms. The molecule has 0 aromatic heterocycles. The molecular weight excluding hydrogens is 623 g/mol. The van der Waals surface area contributed by atoms with Gasteiger partial charge in [-0.3, -0.25) is 0 Å². The maximum absolute atomic E-state index is 7.93. The summed E-state index contributed by atoms with van der Waals surface area (Å²) in [7, 11) is 15.2. The summed E-state index contributed by atoms with van der Waals surface area (Å²) in [6, 6.07) is 29.5. The average molecular weight is 661 g/mol. The molecule has 0 nitrogen and oxygen atoms in total. The summed E-state index contributed by atoms with van der Waals surface area (Å²) in [5.74, 6) is 0.432. The Balaban J connectivity index is 1.57. The Morgan fingerprint density at radius 2 is 1.52 bits per heavy atom. The van der Waals surface area contributed by atoms with Gasteiger partial charge >= 0.3 is 256 Å². The second kappa shape index (κ2) is 11.5. The predicted molar refractivity (Wildman–Crippen MR) is 176 cm³/mol. The Bertz CT molecular complexity index is 1620. The summed E-state index contributed by atoms with van der Waals surface area (Å²) < 4.78 is 1.44. The Kier molecular flexibility index (Phi) is 8.19. The molecule has 4 aromatic carbocycles. The van der Waals surface area contributed by atoms with Gasteiger partial charge in [-0.1, -0.05) is 0 Å². The van der Waals surface area contributed by atoms with Crippen molar-refractivity contribution in [2.75, 3.05) is 0 Å². The third-order valence-electron chi connectivity index (χ3n) is 9.26. The molecule has 204 valence electrons. The molecule has 2 aliphatic rings. The van der Waals surface area contributed by atoms with E-state index in [4.69, 9.17) is 17.0 Å². The summed E-state index contributed by atoms with van der Waals surface area (Å²) in [5, 5.41) is 3.02. The zero-order chi connectivity index (χ0) is 28.0. The predicted octanol–water partition coefficient (Wildman–Crippen LogP) is 8.24. The fraction of sp³-hybridized carbons (Fsp3) is 0.278. The molecule has 2 unspecified atom stereocenters. The number of halogens is 2. The van der Waals surface area contributed by atoms with Gasteiger partial charge in [0, 0.05) is 0 Å². The first-order chi connectivity index (χ1) is 19.4. The van der Waals surface area contributed by atoms with Crippen LogP contribution in [0.25, 0.3) is 28.3 Å². The molecule has 0 amide bonds. The van der Waals surface area contributed by atoms with Crippen molar-refractivity contribution < 1.29 is 17.9 Å². The van der Waals surface area contributed by atoms with Gasteiger partial charge in [-0.05, 0) is 0 Å². The zero-order valence-corrected chi connectivity index (χ0v) is 29.4. The topological polar surface area (TPSA) is 0 Å². The molecule has 0 radical (unpaired) electrons. The first kappa shape index (κ1) is 28.4. The first-order valence-corrected chi connectivity index (χ1v) is 25.3. The minimum absolute atomic E-state index is 0.120. The van der Waals surface area contributed by atoms with E-state index >= 15 is 0 Å². The van der Waals surface area contributed by atoms with Gasteiger partial charge in [0.05, 0.1) is 0 Å². The molecule has 1 heterocycles. The van der Waals surface area contributed by atoms with Crippen molar-refractivity contribution in [3.63, 3.8) is 0 Å². The van der Waals surface area contributed by atoms with Crippen molar-refractivity contribution in [3.8, 4) is 22.3 Å². The van der Waals surface area contributed by atoms with Crippen molar-refractivity contribution in [1.82, 2.24) is 0 Å². The molecule has 2 atom stereocenters. The maximum atomic E-state index is 7.93. The molecule has 0 N–H and O–H groups in total. The average Bonchev–Trinajstić information content (AvgIpc) is 3.56. The second-order valence-electron chi connectivity index (χ2n) is 11.5. The number of rotatable bonds is 8. The molecule has 4 heteroatoms. The molecular formula is C36H38Cl2SiZr. The van der Waals surface area contributed by atoms with Crippen LogP contribution >= 0.6 is 17.0 Å². The van der Waals surface area contributed by atoms with Crippen molar-refractivity contribution >= 4 is 46.3 Å². The Hall–Kier alpha value is -1.70. The first-order valence-electron chi connectivity index (χ1n) is 14.9. The number of fused-ring (bicyclic) bond motifs is 4. The standard InChI is InChI=1S/C24H29.C12H9Si.2ClH.Zr/c1-5-10-19-13-14-20-15-21(17(4)6-2)16-23(20)24(19)22-12-9-8-11-18(22)7-3;1-3-7-11-9(5-1)10-6-2-4-8-12(10)13-11;;;/h8-9,11-17H,5-7,10H2,1-4H3;1-7H,13H2;2*1H;/q;;;;+2/p-2. The molecule has 0 bridgehead atoms. The van der Waals surface area contributed by atoms with E-state index in [0.717, 1.165) is 25.7 Å². The fourth-order valence-corrected chi connectivity index (χ4v) is 24.0. The monoisotopic (exact) mass is 658 g/mol. The van der Waals surface area contributed by atoms with Gasteiger partial charge < -0.3 is 0 Å². The van der Waals surface area contributed by atoms with Crippen LogP contribution in [0.1, 0.15) is 66.4 Å². The van der Waals surface area contributed by atoms with E-state index in [1.807, 2.05) is 0 Å². The third kappa shape index (κ3) is 4.68. The molecule has 1 aliphatic carbocycles. The Morgan fingerprint density at radius 1 is 0.800 bits per heavy atom. The zero-order valence-electron chi connectivity index (χ0n) is 24.0. The molecule has 0 spiro atoms. The van der Waals surface area contributed by atoms with Crippen LogP contribution in [0.5, 0.6) is 0 Å². The summed E-state index contributed by atoms with van der Waals surface area (Å²) in [6.07, 6.45) is 6.82. The van der Waals surface area contributed by atoms with E-state index in [9.17, 15) is 0 Å². The van der Waals surface area contributed by atoms with Crippen LogP contribution in [0.2, 0.25) is 0 Å². The van der Waals surface area contributed by atoms with Crippen LogP contribution in [0, 0.1) is 5.92 Å². The summed E-state index contributed by atoms with van der Waals surface area (Å²) in [6.45, 7) is 9.21. The minimum atomic E-state index is -4.00. The van der Waals surface area contributed by atoms with E-state index in [0.29, 0.717) is 5.92 Å².